The number of likely N-dealkylation sites (N-methyl/N-ethyl adjacent to an activating group) is 1. The monoisotopic (exact) mass is 333 g/mol. The molecule has 0 unspecified atom stereocenters. The lowest BCUT2D eigenvalue weighted by Gasteiger charge is -2.25. The molecule has 0 radical (unpaired) electrons. The van der Waals surface area contributed by atoms with Crippen molar-refractivity contribution in [1.82, 2.24) is 4.31 Å². The fourth-order valence-corrected chi connectivity index (χ4v) is 3.80. The standard InChI is InChI=1S/C12H16BrNO3S/c1-14(12(9-15)6-7-12)18(16,17)8-10-2-4-11(13)5-3-10/h2-5,15H,6-9H2,1H3. The van der Waals surface area contributed by atoms with Crippen molar-refractivity contribution in [3.05, 3.63) is 34.3 Å². The summed E-state index contributed by atoms with van der Waals surface area (Å²) in [6.45, 7) is -0.108. The van der Waals surface area contributed by atoms with Gasteiger partial charge < -0.3 is 5.11 Å². The van der Waals surface area contributed by atoms with Crippen molar-refractivity contribution < 1.29 is 13.5 Å². The van der Waals surface area contributed by atoms with Crippen LogP contribution in [0.1, 0.15) is 18.4 Å². The Morgan fingerprint density at radius 2 is 1.89 bits per heavy atom. The van der Waals surface area contributed by atoms with Crippen molar-refractivity contribution in [2.45, 2.75) is 24.1 Å². The summed E-state index contributed by atoms with van der Waals surface area (Å²) in [5.41, 5.74) is 0.201. The van der Waals surface area contributed by atoms with Gasteiger partial charge in [0.05, 0.1) is 17.9 Å². The Morgan fingerprint density at radius 3 is 2.33 bits per heavy atom. The molecule has 1 aromatic carbocycles. The minimum atomic E-state index is -3.38. The molecule has 0 heterocycles. The molecule has 1 aliphatic carbocycles. The quantitative estimate of drug-likeness (QED) is 0.892. The maximum absolute atomic E-state index is 12.2. The molecule has 0 atom stereocenters. The molecule has 18 heavy (non-hydrogen) atoms. The van der Waals surface area contributed by atoms with Gasteiger partial charge >= 0.3 is 0 Å². The van der Waals surface area contributed by atoms with E-state index < -0.39 is 15.6 Å². The number of benzene rings is 1. The van der Waals surface area contributed by atoms with E-state index >= 15 is 0 Å². The van der Waals surface area contributed by atoms with E-state index in [1.165, 1.54) is 4.31 Å². The molecule has 4 nitrogen and oxygen atoms in total. The number of rotatable bonds is 5. The summed E-state index contributed by atoms with van der Waals surface area (Å²) in [7, 11) is -1.82. The summed E-state index contributed by atoms with van der Waals surface area (Å²) < 4.78 is 26.7. The minimum Gasteiger partial charge on any atom is -0.394 e. The van der Waals surface area contributed by atoms with E-state index in [-0.39, 0.29) is 12.4 Å². The number of hydrogen-bond donors (Lipinski definition) is 1. The van der Waals surface area contributed by atoms with Crippen LogP contribution in [-0.2, 0) is 15.8 Å². The lowest BCUT2D eigenvalue weighted by atomic mass is 10.2. The van der Waals surface area contributed by atoms with Crippen LogP contribution < -0.4 is 0 Å². The van der Waals surface area contributed by atoms with Crippen molar-refractivity contribution >= 4 is 26.0 Å². The van der Waals surface area contributed by atoms with Crippen LogP contribution >= 0.6 is 15.9 Å². The van der Waals surface area contributed by atoms with Gasteiger partial charge in [-0.2, -0.15) is 4.31 Å². The van der Waals surface area contributed by atoms with Gasteiger partial charge in [0, 0.05) is 11.5 Å². The number of sulfonamides is 1. The van der Waals surface area contributed by atoms with Crippen LogP contribution in [0.2, 0.25) is 0 Å². The van der Waals surface area contributed by atoms with Gasteiger partial charge in [-0.1, -0.05) is 28.1 Å². The first-order chi connectivity index (χ1) is 8.39. The molecule has 1 aliphatic rings. The highest BCUT2D eigenvalue weighted by molar-refractivity contribution is 9.10. The molecular weight excluding hydrogens is 318 g/mol. The first-order valence-electron chi connectivity index (χ1n) is 5.72. The molecular formula is C12H16BrNO3S. The molecule has 2 rings (SSSR count). The third-order valence-electron chi connectivity index (χ3n) is 3.47. The Hall–Kier alpha value is -0.430. The summed E-state index contributed by atoms with van der Waals surface area (Å²) in [6, 6.07) is 7.22. The van der Waals surface area contributed by atoms with E-state index in [2.05, 4.69) is 15.9 Å². The smallest absolute Gasteiger partial charge is 0.218 e. The number of nitrogens with zero attached hydrogens (tertiary/aromatic N) is 1. The maximum Gasteiger partial charge on any atom is 0.218 e. The van der Waals surface area contributed by atoms with Crippen molar-refractivity contribution in [2.24, 2.45) is 0 Å². The maximum atomic E-state index is 12.2. The van der Waals surface area contributed by atoms with E-state index in [4.69, 9.17) is 0 Å². The van der Waals surface area contributed by atoms with Crippen LogP contribution in [0, 0.1) is 0 Å². The second-order valence-electron chi connectivity index (χ2n) is 4.73. The zero-order valence-electron chi connectivity index (χ0n) is 10.1. The number of aliphatic hydroxyl groups excluding tert-OH is 1. The van der Waals surface area contributed by atoms with Gasteiger partial charge in [-0.25, -0.2) is 8.42 Å². The minimum absolute atomic E-state index is 0.0292. The van der Waals surface area contributed by atoms with Crippen molar-refractivity contribution in [2.75, 3.05) is 13.7 Å². The molecule has 100 valence electrons. The number of aliphatic hydroxyl groups is 1. The molecule has 0 amide bonds. The van der Waals surface area contributed by atoms with Gasteiger partial charge in [0.2, 0.25) is 10.0 Å². The van der Waals surface area contributed by atoms with Crippen molar-refractivity contribution in [1.29, 1.82) is 0 Å². The first kappa shape index (κ1) is 14.0. The second kappa shape index (κ2) is 4.92. The Kier molecular flexibility index (Phi) is 3.82. The average Bonchev–Trinajstić information content (AvgIpc) is 3.12. The zero-order chi connectivity index (χ0) is 13.4. The lowest BCUT2D eigenvalue weighted by molar-refractivity contribution is 0.187. The lowest BCUT2D eigenvalue weighted by Crippen LogP contribution is -2.42. The van der Waals surface area contributed by atoms with Crippen LogP contribution in [0.4, 0.5) is 0 Å². The highest BCUT2D eigenvalue weighted by Crippen LogP contribution is 2.42. The van der Waals surface area contributed by atoms with E-state index in [0.29, 0.717) is 0 Å². The topological polar surface area (TPSA) is 57.6 Å². The summed E-state index contributed by atoms with van der Waals surface area (Å²) in [4.78, 5) is 0. The van der Waals surface area contributed by atoms with E-state index in [9.17, 15) is 13.5 Å². The summed E-state index contributed by atoms with van der Waals surface area (Å²) >= 11 is 3.31. The predicted molar refractivity (Wildman–Crippen MR) is 73.6 cm³/mol. The van der Waals surface area contributed by atoms with Crippen LogP contribution in [0.25, 0.3) is 0 Å². The Bertz CT molecular complexity index is 523. The van der Waals surface area contributed by atoms with Crippen molar-refractivity contribution in [3.63, 3.8) is 0 Å². The van der Waals surface area contributed by atoms with Crippen molar-refractivity contribution in [3.8, 4) is 0 Å². The van der Waals surface area contributed by atoms with Crippen LogP contribution in [0.5, 0.6) is 0 Å². The molecule has 1 fully saturated rings. The predicted octanol–water partition coefficient (Wildman–Crippen LogP) is 1.74. The van der Waals surface area contributed by atoms with Crippen LogP contribution in [-0.4, -0.2) is 37.0 Å². The number of hydrogen-bond acceptors (Lipinski definition) is 3. The fraction of sp³-hybridized carbons (Fsp3) is 0.500. The summed E-state index contributed by atoms with van der Waals surface area (Å²) in [5, 5.41) is 9.28. The molecule has 0 saturated heterocycles. The number of halogens is 1. The molecule has 1 saturated carbocycles. The van der Waals surface area contributed by atoms with Gasteiger partial charge in [0.1, 0.15) is 0 Å². The zero-order valence-corrected chi connectivity index (χ0v) is 12.5. The molecule has 0 aliphatic heterocycles. The van der Waals surface area contributed by atoms with E-state index in [1.807, 2.05) is 12.1 Å². The van der Waals surface area contributed by atoms with Gasteiger partial charge in [-0.15, -0.1) is 0 Å². The van der Waals surface area contributed by atoms with E-state index in [1.54, 1.807) is 19.2 Å². The second-order valence-corrected chi connectivity index (χ2v) is 7.65. The molecule has 0 aromatic heterocycles. The molecule has 1 aromatic rings. The van der Waals surface area contributed by atoms with Crippen LogP contribution in [0.3, 0.4) is 0 Å². The average molecular weight is 334 g/mol. The highest BCUT2D eigenvalue weighted by Gasteiger charge is 2.50. The third kappa shape index (κ3) is 2.77. The molecule has 6 heteroatoms. The van der Waals surface area contributed by atoms with Gasteiger partial charge in [-0.3, -0.25) is 0 Å². The Labute approximate surface area is 116 Å². The van der Waals surface area contributed by atoms with E-state index in [0.717, 1.165) is 22.9 Å². The summed E-state index contributed by atoms with van der Waals surface area (Å²) in [6.07, 6.45) is 1.47. The molecule has 1 N–H and O–H groups in total. The third-order valence-corrected chi connectivity index (χ3v) is 5.92. The molecule has 0 spiro atoms. The van der Waals surface area contributed by atoms with Gasteiger partial charge in [-0.05, 0) is 30.5 Å². The fourth-order valence-electron chi connectivity index (χ4n) is 1.90. The first-order valence-corrected chi connectivity index (χ1v) is 8.12. The van der Waals surface area contributed by atoms with Crippen LogP contribution in [0.15, 0.2) is 28.7 Å². The largest absolute Gasteiger partial charge is 0.394 e. The highest BCUT2D eigenvalue weighted by atomic mass is 79.9. The van der Waals surface area contributed by atoms with Gasteiger partial charge in [0.25, 0.3) is 0 Å². The SMILES string of the molecule is CN(C1(CO)CC1)S(=O)(=O)Cc1ccc(Br)cc1. The summed E-state index contributed by atoms with van der Waals surface area (Å²) in [5.74, 6) is -0.0292. The Morgan fingerprint density at radius 1 is 1.33 bits per heavy atom. The molecule has 0 bridgehead atoms. The van der Waals surface area contributed by atoms with Gasteiger partial charge in [0.15, 0.2) is 0 Å². The normalized spacial score (nSPS) is 18.0. The Balaban J connectivity index is 2.14.